The monoisotopic (exact) mass is 509 g/mol. The van der Waals surface area contributed by atoms with Gasteiger partial charge in [0, 0.05) is 5.56 Å². The molecule has 0 saturated heterocycles. The lowest BCUT2D eigenvalue weighted by atomic mass is 9.87. The van der Waals surface area contributed by atoms with Crippen molar-refractivity contribution < 1.29 is 28.3 Å². The van der Waals surface area contributed by atoms with Crippen LogP contribution in [0.2, 0.25) is 0 Å². The predicted octanol–water partition coefficient (Wildman–Crippen LogP) is 3.24. The molecule has 1 heterocycles. The molecule has 0 bridgehead atoms. The Balaban J connectivity index is 1.47. The third-order valence-electron chi connectivity index (χ3n) is 5.28. The summed E-state index contributed by atoms with van der Waals surface area (Å²) in [5, 5.41) is 10.4. The number of methoxy groups -OCH3 is 2. The number of nitrogens with zero attached hydrogens (tertiary/aromatic N) is 3. The van der Waals surface area contributed by atoms with Crippen LogP contribution >= 0.6 is 0 Å². The van der Waals surface area contributed by atoms with Crippen molar-refractivity contribution in [2.24, 2.45) is 5.10 Å². The second-order valence-electron chi connectivity index (χ2n) is 9.06. The molecule has 0 aliphatic rings. The number of benzene rings is 2. The van der Waals surface area contributed by atoms with E-state index >= 15 is 0 Å². The van der Waals surface area contributed by atoms with E-state index in [2.05, 4.69) is 46.8 Å². The van der Waals surface area contributed by atoms with Crippen molar-refractivity contribution in [3.05, 3.63) is 53.9 Å². The first kappa shape index (κ1) is 27.2. The van der Waals surface area contributed by atoms with Crippen LogP contribution in [-0.2, 0) is 21.5 Å². The molecule has 196 valence electrons. The standard InChI is InChI=1S/C26H31N5O6/c1-16(29-30-22(32)15-36-19-10-8-18(9-11-19)26(2,3)4)25(33)27-14-23-28-24(31-37-23)17-7-12-20(34-5)21(13-17)35-6/h7-13H,14-15H2,1-6H3,(H,27,33)(H,30,32)/b29-16-. The number of ether oxygens (including phenoxy) is 3. The van der Waals surface area contributed by atoms with Gasteiger partial charge in [-0.15, -0.1) is 0 Å². The molecule has 1 aromatic heterocycles. The van der Waals surface area contributed by atoms with Gasteiger partial charge >= 0.3 is 0 Å². The topological polar surface area (TPSA) is 137 Å². The summed E-state index contributed by atoms with van der Waals surface area (Å²) in [6, 6.07) is 12.7. The van der Waals surface area contributed by atoms with Crippen LogP contribution in [0.3, 0.4) is 0 Å². The van der Waals surface area contributed by atoms with Crippen LogP contribution < -0.4 is 25.0 Å². The van der Waals surface area contributed by atoms with Gasteiger partial charge in [-0.2, -0.15) is 10.1 Å². The highest BCUT2D eigenvalue weighted by molar-refractivity contribution is 6.37. The van der Waals surface area contributed by atoms with Crippen molar-refractivity contribution in [1.29, 1.82) is 0 Å². The van der Waals surface area contributed by atoms with Crippen LogP contribution in [0.15, 0.2) is 52.1 Å². The van der Waals surface area contributed by atoms with E-state index in [1.165, 1.54) is 14.0 Å². The summed E-state index contributed by atoms with van der Waals surface area (Å²) in [5.74, 6) is 1.18. The Labute approximate surface area is 215 Å². The van der Waals surface area contributed by atoms with Crippen LogP contribution in [0.25, 0.3) is 11.4 Å². The third kappa shape index (κ3) is 7.53. The molecule has 0 saturated carbocycles. The number of carbonyl (C=O) groups is 2. The van der Waals surface area contributed by atoms with Crippen LogP contribution in [0.1, 0.15) is 39.1 Å². The van der Waals surface area contributed by atoms with Crippen LogP contribution in [-0.4, -0.2) is 48.5 Å². The summed E-state index contributed by atoms with van der Waals surface area (Å²) >= 11 is 0. The highest BCUT2D eigenvalue weighted by Gasteiger charge is 2.15. The second kappa shape index (κ2) is 12.0. The largest absolute Gasteiger partial charge is 0.493 e. The van der Waals surface area contributed by atoms with Gasteiger partial charge in [0.25, 0.3) is 11.8 Å². The molecule has 11 heteroatoms. The smallest absolute Gasteiger partial charge is 0.277 e. The molecule has 2 N–H and O–H groups in total. The molecule has 2 amide bonds. The summed E-state index contributed by atoms with van der Waals surface area (Å²) in [4.78, 5) is 28.6. The fourth-order valence-electron chi connectivity index (χ4n) is 3.13. The van der Waals surface area contributed by atoms with Crippen molar-refractivity contribution in [3.8, 4) is 28.6 Å². The van der Waals surface area contributed by atoms with Crippen molar-refractivity contribution in [1.82, 2.24) is 20.9 Å². The lowest BCUT2D eigenvalue weighted by molar-refractivity contribution is -0.123. The zero-order valence-corrected chi connectivity index (χ0v) is 21.7. The number of aromatic nitrogens is 2. The van der Waals surface area contributed by atoms with Crippen molar-refractivity contribution in [2.75, 3.05) is 20.8 Å². The molecular weight excluding hydrogens is 478 g/mol. The Kier molecular flexibility index (Phi) is 8.83. The van der Waals surface area contributed by atoms with Gasteiger partial charge in [0.2, 0.25) is 11.7 Å². The van der Waals surface area contributed by atoms with Gasteiger partial charge in [0.05, 0.1) is 20.8 Å². The first-order valence-electron chi connectivity index (χ1n) is 11.5. The lowest BCUT2D eigenvalue weighted by Crippen LogP contribution is -2.32. The molecule has 0 spiro atoms. The molecule has 0 atom stereocenters. The van der Waals surface area contributed by atoms with Crippen molar-refractivity contribution in [3.63, 3.8) is 0 Å². The van der Waals surface area contributed by atoms with Crippen LogP contribution in [0, 0.1) is 0 Å². The molecule has 0 unspecified atom stereocenters. The molecule has 0 fully saturated rings. The van der Waals surface area contributed by atoms with Gasteiger partial charge in [-0.05, 0) is 48.2 Å². The molecule has 2 aromatic carbocycles. The highest BCUT2D eigenvalue weighted by Crippen LogP contribution is 2.31. The van der Waals surface area contributed by atoms with Gasteiger partial charge < -0.3 is 24.1 Å². The van der Waals surface area contributed by atoms with Gasteiger partial charge in [0.1, 0.15) is 11.5 Å². The SMILES string of the molecule is COc1ccc(-c2noc(CNC(=O)/C(C)=N\NC(=O)COc3ccc(C(C)(C)C)cc3)n2)cc1OC. The first-order valence-corrected chi connectivity index (χ1v) is 11.5. The molecular formula is C26H31N5O6. The fourth-order valence-corrected chi connectivity index (χ4v) is 3.13. The van der Waals surface area contributed by atoms with Gasteiger partial charge in [-0.25, -0.2) is 5.43 Å². The molecule has 0 radical (unpaired) electrons. The normalized spacial score (nSPS) is 11.6. The van der Waals surface area contributed by atoms with Gasteiger partial charge in [0.15, 0.2) is 18.1 Å². The van der Waals surface area contributed by atoms with E-state index in [4.69, 9.17) is 18.7 Å². The highest BCUT2D eigenvalue weighted by atomic mass is 16.5. The number of rotatable bonds is 10. The molecule has 3 aromatic rings. The minimum absolute atomic E-state index is 0.0202. The van der Waals surface area contributed by atoms with E-state index in [-0.39, 0.29) is 30.2 Å². The number of hydrazone groups is 1. The minimum atomic E-state index is -0.509. The van der Waals surface area contributed by atoms with E-state index in [9.17, 15) is 9.59 Å². The summed E-state index contributed by atoms with van der Waals surface area (Å²) in [6.45, 7) is 7.55. The predicted molar refractivity (Wildman–Crippen MR) is 137 cm³/mol. The molecule has 11 nitrogen and oxygen atoms in total. The van der Waals surface area contributed by atoms with Crippen LogP contribution in [0.4, 0.5) is 0 Å². The van der Waals surface area contributed by atoms with Gasteiger partial charge in [-0.1, -0.05) is 38.1 Å². The van der Waals surface area contributed by atoms with Crippen molar-refractivity contribution in [2.45, 2.75) is 39.7 Å². The average Bonchev–Trinajstić information content (AvgIpc) is 3.37. The Morgan fingerprint density at radius 3 is 2.38 bits per heavy atom. The third-order valence-corrected chi connectivity index (χ3v) is 5.28. The maximum Gasteiger partial charge on any atom is 0.277 e. The van der Waals surface area contributed by atoms with E-state index in [1.807, 2.05) is 24.3 Å². The van der Waals surface area contributed by atoms with E-state index in [0.717, 1.165) is 5.56 Å². The minimum Gasteiger partial charge on any atom is -0.493 e. The van der Waals surface area contributed by atoms with E-state index in [1.54, 1.807) is 25.3 Å². The Bertz CT molecular complexity index is 1260. The summed E-state index contributed by atoms with van der Waals surface area (Å²) < 4.78 is 21.2. The zero-order valence-electron chi connectivity index (χ0n) is 21.7. The number of nitrogens with one attached hydrogen (secondary N) is 2. The molecule has 0 aliphatic carbocycles. The number of carbonyl (C=O) groups excluding carboxylic acids is 2. The van der Waals surface area contributed by atoms with Crippen LogP contribution in [0.5, 0.6) is 17.2 Å². The molecule has 37 heavy (non-hydrogen) atoms. The Morgan fingerprint density at radius 1 is 1.03 bits per heavy atom. The van der Waals surface area contributed by atoms with E-state index in [0.29, 0.717) is 28.6 Å². The number of hydrogen-bond acceptors (Lipinski definition) is 9. The lowest BCUT2D eigenvalue weighted by Gasteiger charge is -2.19. The summed E-state index contributed by atoms with van der Waals surface area (Å²) in [5.41, 5.74) is 4.19. The molecule has 0 aliphatic heterocycles. The number of amides is 2. The second-order valence-corrected chi connectivity index (χ2v) is 9.06. The van der Waals surface area contributed by atoms with Crippen molar-refractivity contribution >= 4 is 17.5 Å². The zero-order chi connectivity index (χ0) is 27.0. The van der Waals surface area contributed by atoms with E-state index < -0.39 is 11.8 Å². The Hall–Kier alpha value is -4.41. The summed E-state index contributed by atoms with van der Waals surface area (Å²) in [6.07, 6.45) is 0. The summed E-state index contributed by atoms with van der Waals surface area (Å²) in [7, 11) is 3.08. The maximum absolute atomic E-state index is 12.3. The fraction of sp³-hybridized carbons (Fsp3) is 0.346. The maximum atomic E-state index is 12.3. The molecule has 3 rings (SSSR count). The number of hydrogen-bond donors (Lipinski definition) is 2. The van der Waals surface area contributed by atoms with Gasteiger partial charge in [-0.3, -0.25) is 9.59 Å². The Morgan fingerprint density at radius 2 is 1.73 bits per heavy atom. The first-order chi connectivity index (χ1) is 17.6. The quantitative estimate of drug-likeness (QED) is 0.314. The average molecular weight is 510 g/mol.